The molecule has 1 saturated heterocycles. The molecule has 3 heterocycles. The Balaban J connectivity index is 1.50. The summed E-state index contributed by atoms with van der Waals surface area (Å²) in [5.74, 6) is 1.66. The van der Waals surface area contributed by atoms with Crippen LogP contribution in [0.2, 0.25) is 0 Å². The average Bonchev–Trinajstić information content (AvgIpc) is 3.14. The molecule has 0 spiro atoms. The second-order valence-corrected chi connectivity index (χ2v) is 10.3. The lowest BCUT2D eigenvalue weighted by Gasteiger charge is -2.21. The van der Waals surface area contributed by atoms with Crippen LogP contribution in [0.15, 0.2) is 46.8 Å². The van der Waals surface area contributed by atoms with Gasteiger partial charge >= 0.3 is 0 Å². The molecule has 2 aromatic heterocycles. The lowest BCUT2D eigenvalue weighted by atomic mass is 10.2. The summed E-state index contributed by atoms with van der Waals surface area (Å²) in [5.41, 5.74) is 2.49. The number of ether oxygens (including phenoxy) is 1. The summed E-state index contributed by atoms with van der Waals surface area (Å²) in [5, 5.41) is 11.6. The van der Waals surface area contributed by atoms with E-state index >= 15 is 0 Å². The van der Waals surface area contributed by atoms with Crippen molar-refractivity contribution < 1.29 is 8.95 Å². The zero-order chi connectivity index (χ0) is 23.4. The van der Waals surface area contributed by atoms with Gasteiger partial charge in [-0.1, -0.05) is 0 Å². The quantitative estimate of drug-likeness (QED) is 0.523. The summed E-state index contributed by atoms with van der Waals surface area (Å²) in [7, 11) is 0.586. The van der Waals surface area contributed by atoms with Crippen LogP contribution in [0.1, 0.15) is 20.3 Å². The summed E-state index contributed by atoms with van der Waals surface area (Å²) in [6.07, 6.45) is 3.03. The zero-order valence-corrected chi connectivity index (χ0v) is 20.8. The molecule has 0 bridgehead atoms. The molecule has 176 valence electrons. The number of hydrogen-bond donors (Lipinski definition) is 2. The summed E-state index contributed by atoms with van der Waals surface area (Å²) < 4.78 is 17.6. The largest absolute Gasteiger partial charge is 0.489 e. The maximum absolute atomic E-state index is 11.7. The lowest BCUT2D eigenvalue weighted by Crippen LogP contribution is -2.29. The molecule has 0 amide bonds. The minimum atomic E-state index is -1.58. The predicted octanol–water partition coefficient (Wildman–Crippen LogP) is 3.86. The zero-order valence-electron chi connectivity index (χ0n) is 19.2. The van der Waals surface area contributed by atoms with Crippen molar-refractivity contribution in [1.29, 1.82) is 0 Å². The molecule has 10 heteroatoms. The molecule has 3 aromatic rings. The number of benzene rings is 1. The number of rotatable bonds is 7. The molecule has 0 aliphatic carbocycles. The van der Waals surface area contributed by atoms with Crippen molar-refractivity contribution in [2.75, 3.05) is 43.4 Å². The molecule has 1 atom stereocenters. The van der Waals surface area contributed by atoms with Gasteiger partial charge in [-0.05, 0) is 64.2 Å². The Labute approximate surface area is 201 Å². The van der Waals surface area contributed by atoms with Crippen LogP contribution in [0.5, 0.6) is 5.75 Å². The molecular formula is C23H30N6O2S2. The van der Waals surface area contributed by atoms with Crippen LogP contribution < -0.4 is 20.1 Å². The van der Waals surface area contributed by atoms with E-state index in [9.17, 15) is 4.21 Å². The van der Waals surface area contributed by atoms with E-state index in [2.05, 4.69) is 34.3 Å². The van der Waals surface area contributed by atoms with Crippen molar-refractivity contribution in [2.45, 2.75) is 31.3 Å². The normalized spacial score (nSPS) is 16.0. The van der Waals surface area contributed by atoms with Crippen LogP contribution in [0.25, 0.3) is 11.3 Å². The number of likely N-dealkylation sites (N-methyl/N-ethyl adjacent to an activating group) is 1. The molecule has 0 saturated carbocycles. The third-order valence-electron chi connectivity index (χ3n) is 5.38. The van der Waals surface area contributed by atoms with Gasteiger partial charge in [-0.2, -0.15) is 0 Å². The highest BCUT2D eigenvalue weighted by molar-refractivity contribution is 7.82. The highest BCUT2D eigenvalue weighted by atomic mass is 32.2. The summed E-state index contributed by atoms with van der Waals surface area (Å²) in [6.45, 7) is 8.10. The molecule has 1 aromatic carbocycles. The Morgan fingerprint density at radius 2 is 2.03 bits per heavy atom. The van der Waals surface area contributed by atoms with Crippen LogP contribution in [-0.4, -0.2) is 58.4 Å². The van der Waals surface area contributed by atoms with Gasteiger partial charge in [-0.15, -0.1) is 11.3 Å². The first-order chi connectivity index (χ1) is 15.9. The van der Waals surface area contributed by atoms with Gasteiger partial charge in [0.25, 0.3) is 0 Å². The smallest absolute Gasteiger partial charge is 0.187 e. The minimum Gasteiger partial charge on any atom is -0.489 e. The van der Waals surface area contributed by atoms with Crippen molar-refractivity contribution in [3.05, 3.63) is 41.9 Å². The van der Waals surface area contributed by atoms with Crippen molar-refractivity contribution >= 4 is 39.0 Å². The van der Waals surface area contributed by atoms with Gasteiger partial charge in [0.2, 0.25) is 0 Å². The first-order valence-electron chi connectivity index (χ1n) is 11.0. The SMILES string of the molecule is CC(C)Oc1ccc(S(N)=O)cc1Nc1nc(-c2ccc(N3CCCN(C)CC3)nc2)cs1. The first-order valence-corrected chi connectivity index (χ1v) is 13.1. The molecule has 1 fully saturated rings. The Morgan fingerprint density at radius 3 is 2.76 bits per heavy atom. The molecule has 3 N–H and O–H groups in total. The van der Waals surface area contributed by atoms with Gasteiger partial charge in [0, 0.05) is 36.8 Å². The fourth-order valence-electron chi connectivity index (χ4n) is 3.67. The molecule has 4 rings (SSSR count). The van der Waals surface area contributed by atoms with E-state index in [-0.39, 0.29) is 6.10 Å². The van der Waals surface area contributed by atoms with E-state index in [0.29, 0.717) is 21.5 Å². The molecule has 1 unspecified atom stereocenters. The summed E-state index contributed by atoms with van der Waals surface area (Å²) in [6, 6.07) is 9.37. The second kappa shape index (κ2) is 10.6. The van der Waals surface area contributed by atoms with Gasteiger partial charge in [0.1, 0.15) is 22.6 Å². The van der Waals surface area contributed by atoms with E-state index in [4.69, 9.17) is 19.8 Å². The molecule has 1 aliphatic heterocycles. The number of pyridine rings is 1. The van der Waals surface area contributed by atoms with Crippen molar-refractivity contribution in [3.63, 3.8) is 0 Å². The summed E-state index contributed by atoms with van der Waals surface area (Å²) in [4.78, 5) is 14.6. The fourth-order valence-corrected chi connectivity index (χ4v) is 4.84. The molecule has 0 radical (unpaired) electrons. The van der Waals surface area contributed by atoms with Gasteiger partial charge in [0.05, 0.1) is 22.4 Å². The Morgan fingerprint density at radius 1 is 1.18 bits per heavy atom. The maximum atomic E-state index is 11.7. The topological polar surface area (TPSA) is 96.6 Å². The highest BCUT2D eigenvalue weighted by Crippen LogP contribution is 2.33. The Bertz CT molecular complexity index is 1100. The van der Waals surface area contributed by atoms with Crippen LogP contribution in [0.4, 0.5) is 16.6 Å². The van der Waals surface area contributed by atoms with Gasteiger partial charge in [-0.3, -0.25) is 0 Å². The van der Waals surface area contributed by atoms with E-state index in [0.717, 1.165) is 49.7 Å². The number of nitrogens with two attached hydrogens (primary N) is 1. The minimum absolute atomic E-state index is 0.000758. The first kappa shape index (κ1) is 23.6. The number of hydrogen-bond acceptors (Lipinski definition) is 8. The van der Waals surface area contributed by atoms with Crippen LogP contribution in [0, 0.1) is 0 Å². The van der Waals surface area contributed by atoms with Gasteiger partial charge in [0.15, 0.2) is 5.13 Å². The summed E-state index contributed by atoms with van der Waals surface area (Å²) >= 11 is 1.49. The monoisotopic (exact) mass is 486 g/mol. The van der Waals surface area contributed by atoms with Crippen molar-refractivity contribution in [2.24, 2.45) is 5.14 Å². The molecule has 8 nitrogen and oxygen atoms in total. The highest BCUT2D eigenvalue weighted by Gasteiger charge is 2.15. The van der Waals surface area contributed by atoms with Crippen molar-refractivity contribution in [1.82, 2.24) is 14.9 Å². The van der Waals surface area contributed by atoms with E-state index in [1.807, 2.05) is 25.4 Å². The van der Waals surface area contributed by atoms with Crippen LogP contribution in [0.3, 0.4) is 0 Å². The third-order valence-corrected chi connectivity index (χ3v) is 6.86. The lowest BCUT2D eigenvalue weighted by molar-refractivity contribution is 0.243. The number of anilines is 3. The second-order valence-electron chi connectivity index (χ2n) is 8.33. The van der Waals surface area contributed by atoms with Gasteiger partial charge in [-0.25, -0.2) is 19.3 Å². The standard InChI is InChI=1S/C23H30N6O2S2/c1-16(2)31-21-7-6-18(33(24)30)13-19(21)26-23-27-20(15-32-23)17-5-8-22(25-14-17)29-10-4-9-28(3)11-12-29/h5-8,13-16H,4,9-12,24H2,1-3H3,(H,26,27). The van der Waals surface area contributed by atoms with Gasteiger partial charge < -0.3 is 19.9 Å². The Kier molecular flexibility index (Phi) is 7.59. The molecule has 33 heavy (non-hydrogen) atoms. The number of nitrogens with one attached hydrogen (secondary N) is 1. The molecular weight excluding hydrogens is 456 g/mol. The number of thiazole rings is 1. The Hall–Kier alpha value is -2.53. The van der Waals surface area contributed by atoms with E-state index in [1.165, 1.54) is 11.3 Å². The predicted molar refractivity (Wildman–Crippen MR) is 136 cm³/mol. The van der Waals surface area contributed by atoms with E-state index < -0.39 is 11.0 Å². The third kappa shape index (κ3) is 6.08. The fraction of sp³-hybridized carbons (Fsp3) is 0.391. The van der Waals surface area contributed by atoms with Crippen LogP contribution in [-0.2, 0) is 11.0 Å². The molecule has 1 aliphatic rings. The number of aromatic nitrogens is 2. The average molecular weight is 487 g/mol. The van der Waals surface area contributed by atoms with Crippen molar-refractivity contribution in [3.8, 4) is 17.0 Å². The van der Waals surface area contributed by atoms with Crippen LogP contribution >= 0.6 is 11.3 Å². The number of nitrogens with zero attached hydrogens (tertiary/aromatic N) is 4. The van der Waals surface area contributed by atoms with E-state index in [1.54, 1.807) is 18.2 Å². The maximum Gasteiger partial charge on any atom is 0.187 e.